The number of nitrogens with one attached hydrogen (secondary N) is 5. The van der Waals surface area contributed by atoms with Crippen LogP contribution in [0.15, 0.2) is 60.9 Å². The van der Waals surface area contributed by atoms with Gasteiger partial charge in [0.05, 0.1) is 12.5 Å². The molecule has 0 aliphatic carbocycles. The van der Waals surface area contributed by atoms with Crippen molar-refractivity contribution in [3.05, 3.63) is 72.1 Å². The number of nitrogens with two attached hydrogens (primary N) is 1. The van der Waals surface area contributed by atoms with Gasteiger partial charge in [-0.05, 0) is 35.6 Å². The Morgan fingerprint density at radius 2 is 1.27 bits per heavy atom. The molecule has 0 bridgehead atoms. The second-order valence-electron chi connectivity index (χ2n) is 11.2. The fourth-order valence-corrected chi connectivity index (χ4v) is 5.23. The molecule has 0 aliphatic heterocycles. The molecule has 0 aliphatic rings. The smallest absolute Gasteiger partial charge is 0.326 e. The van der Waals surface area contributed by atoms with Gasteiger partial charge in [-0.3, -0.25) is 19.2 Å². The molecule has 2 aromatic heterocycles. The molecule has 13 heteroatoms. The minimum Gasteiger partial charge on any atom is -0.481 e. The standard InChI is InChI=1S/C32H38N6O7/c1-3-17(2)28(32(44)45)38-31(43)25(13-19-16-35-24-11-7-5-9-21(19)24)37-30(42)26(14-27(39)40)36-29(41)22(33)12-18-15-34-23-10-6-4-8-20(18)23/h4-11,15-17,22,25-26,28,34-35H,3,12-14,33H2,1-2H3,(H,36,41)(H,37,42)(H,38,43)(H,39,40)(H,44,45). The molecule has 5 unspecified atom stereocenters. The number of aromatic nitrogens is 2. The van der Waals surface area contributed by atoms with Crippen molar-refractivity contribution < 1.29 is 34.2 Å². The van der Waals surface area contributed by atoms with Gasteiger partial charge in [-0.1, -0.05) is 56.7 Å². The van der Waals surface area contributed by atoms with E-state index in [-0.39, 0.29) is 12.8 Å². The highest BCUT2D eigenvalue weighted by Crippen LogP contribution is 2.21. The van der Waals surface area contributed by atoms with Crippen LogP contribution in [0.3, 0.4) is 0 Å². The molecule has 0 saturated heterocycles. The molecule has 4 aromatic rings. The van der Waals surface area contributed by atoms with Gasteiger partial charge in [-0.2, -0.15) is 0 Å². The summed E-state index contributed by atoms with van der Waals surface area (Å²) in [5.41, 5.74) is 9.27. The normalized spacial score (nSPS) is 14.6. The van der Waals surface area contributed by atoms with Crippen LogP contribution in [-0.2, 0) is 36.8 Å². The van der Waals surface area contributed by atoms with Crippen molar-refractivity contribution in [2.75, 3.05) is 0 Å². The van der Waals surface area contributed by atoms with Gasteiger partial charge in [-0.15, -0.1) is 0 Å². The summed E-state index contributed by atoms with van der Waals surface area (Å²) in [6.45, 7) is 3.48. The second-order valence-corrected chi connectivity index (χ2v) is 11.2. The number of para-hydroxylation sites is 2. The van der Waals surface area contributed by atoms with E-state index in [1.54, 1.807) is 26.2 Å². The zero-order chi connectivity index (χ0) is 32.7. The number of amides is 3. The Labute approximate surface area is 258 Å². The van der Waals surface area contributed by atoms with Crippen LogP contribution in [0.25, 0.3) is 21.8 Å². The first-order valence-electron chi connectivity index (χ1n) is 14.7. The van der Waals surface area contributed by atoms with E-state index in [0.29, 0.717) is 12.0 Å². The lowest BCUT2D eigenvalue weighted by Gasteiger charge is -2.26. The monoisotopic (exact) mass is 618 g/mol. The summed E-state index contributed by atoms with van der Waals surface area (Å²) in [5, 5.41) is 28.5. The maximum atomic E-state index is 13.5. The first-order valence-corrected chi connectivity index (χ1v) is 14.7. The van der Waals surface area contributed by atoms with Crippen molar-refractivity contribution in [1.29, 1.82) is 0 Å². The lowest BCUT2D eigenvalue weighted by molar-refractivity contribution is -0.144. The number of carboxylic acid groups (broad SMARTS) is 2. The Morgan fingerprint density at radius 1 is 0.756 bits per heavy atom. The number of aromatic amines is 2. The van der Waals surface area contributed by atoms with Crippen LogP contribution in [0, 0.1) is 5.92 Å². The van der Waals surface area contributed by atoms with E-state index < -0.39 is 66.2 Å². The van der Waals surface area contributed by atoms with Crippen LogP contribution in [-0.4, -0.2) is 74.0 Å². The van der Waals surface area contributed by atoms with E-state index in [2.05, 4.69) is 25.9 Å². The first-order chi connectivity index (χ1) is 21.5. The highest BCUT2D eigenvalue weighted by atomic mass is 16.4. The van der Waals surface area contributed by atoms with Gasteiger partial charge >= 0.3 is 11.9 Å². The molecule has 5 atom stereocenters. The van der Waals surface area contributed by atoms with Crippen molar-refractivity contribution >= 4 is 51.5 Å². The molecule has 13 nitrogen and oxygen atoms in total. The number of fused-ring (bicyclic) bond motifs is 2. The Morgan fingerprint density at radius 3 is 1.80 bits per heavy atom. The quantitative estimate of drug-likeness (QED) is 0.0980. The van der Waals surface area contributed by atoms with Gasteiger partial charge in [0, 0.05) is 40.6 Å². The third kappa shape index (κ3) is 8.06. The molecular weight excluding hydrogens is 580 g/mol. The second kappa shape index (κ2) is 14.5. The highest BCUT2D eigenvalue weighted by Gasteiger charge is 2.33. The summed E-state index contributed by atoms with van der Waals surface area (Å²) in [5.74, 6) is -5.44. The van der Waals surface area contributed by atoms with Gasteiger partial charge < -0.3 is 41.9 Å². The molecule has 2 heterocycles. The maximum Gasteiger partial charge on any atom is 0.326 e. The molecular formula is C32H38N6O7. The van der Waals surface area contributed by atoms with Crippen LogP contribution in [0.5, 0.6) is 0 Å². The lowest BCUT2D eigenvalue weighted by atomic mass is 9.98. The van der Waals surface area contributed by atoms with Crippen LogP contribution in [0.1, 0.15) is 37.8 Å². The van der Waals surface area contributed by atoms with E-state index in [1.807, 2.05) is 48.5 Å². The molecule has 45 heavy (non-hydrogen) atoms. The van der Waals surface area contributed by atoms with Gasteiger partial charge in [0.1, 0.15) is 18.1 Å². The van der Waals surface area contributed by atoms with Crippen LogP contribution in [0.2, 0.25) is 0 Å². The van der Waals surface area contributed by atoms with Crippen molar-refractivity contribution in [1.82, 2.24) is 25.9 Å². The Bertz CT molecular complexity index is 1700. The molecule has 4 rings (SSSR count). The van der Waals surface area contributed by atoms with Crippen molar-refractivity contribution in [3.63, 3.8) is 0 Å². The number of rotatable bonds is 15. The minimum absolute atomic E-state index is 0.0394. The molecule has 0 fully saturated rings. The summed E-state index contributed by atoms with van der Waals surface area (Å²) in [6.07, 6.45) is 3.20. The van der Waals surface area contributed by atoms with E-state index in [9.17, 15) is 34.2 Å². The fraction of sp³-hybridized carbons (Fsp3) is 0.344. The molecule has 238 valence electrons. The number of hydrogen-bond donors (Lipinski definition) is 8. The molecule has 0 spiro atoms. The zero-order valence-corrected chi connectivity index (χ0v) is 25.0. The number of benzene rings is 2. The van der Waals surface area contributed by atoms with Crippen LogP contribution < -0.4 is 21.7 Å². The van der Waals surface area contributed by atoms with Crippen molar-refractivity contribution in [2.45, 2.75) is 63.7 Å². The topological polar surface area (TPSA) is 220 Å². The largest absolute Gasteiger partial charge is 0.481 e. The number of H-pyrrole nitrogens is 2. The van der Waals surface area contributed by atoms with Crippen molar-refractivity contribution in [2.24, 2.45) is 11.7 Å². The summed E-state index contributed by atoms with van der Waals surface area (Å²) < 4.78 is 0. The number of hydrogen-bond acceptors (Lipinski definition) is 6. The number of carboxylic acids is 2. The number of carbonyl (C=O) groups is 5. The minimum atomic E-state index is -1.56. The van der Waals surface area contributed by atoms with E-state index in [0.717, 1.165) is 27.4 Å². The molecule has 3 amide bonds. The zero-order valence-electron chi connectivity index (χ0n) is 25.0. The molecule has 9 N–H and O–H groups in total. The van der Waals surface area contributed by atoms with Crippen molar-refractivity contribution in [3.8, 4) is 0 Å². The Hall–Kier alpha value is -5.17. The van der Waals surface area contributed by atoms with Gasteiger partial charge in [0.25, 0.3) is 0 Å². The van der Waals surface area contributed by atoms with Gasteiger partial charge in [-0.25, -0.2) is 4.79 Å². The third-order valence-electron chi connectivity index (χ3n) is 7.97. The summed E-state index contributed by atoms with van der Waals surface area (Å²) in [6, 6.07) is 9.60. The predicted molar refractivity (Wildman–Crippen MR) is 167 cm³/mol. The highest BCUT2D eigenvalue weighted by molar-refractivity contribution is 5.96. The first kappa shape index (κ1) is 32.7. The average Bonchev–Trinajstić information content (AvgIpc) is 3.62. The summed E-state index contributed by atoms with van der Waals surface area (Å²) >= 11 is 0. The predicted octanol–water partition coefficient (Wildman–Crippen LogP) is 1.82. The fourth-order valence-electron chi connectivity index (χ4n) is 5.23. The summed E-state index contributed by atoms with van der Waals surface area (Å²) in [4.78, 5) is 69.9. The molecule has 0 saturated carbocycles. The average molecular weight is 619 g/mol. The number of carbonyl (C=O) groups excluding carboxylic acids is 3. The van der Waals surface area contributed by atoms with Gasteiger partial charge in [0.15, 0.2) is 0 Å². The molecule has 0 radical (unpaired) electrons. The van der Waals surface area contributed by atoms with E-state index in [4.69, 9.17) is 5.73 Å². The third-order valence-corrected chi connectivity index (χ3v) is 7.97. The number of aliphatic carboxylic acids is 2. The summed E-state index contributed by atoms with van der Waals surface area (Å²) in [7, 11) is 0. The maximum absolute atomic E-state index is 13.5. The SMILES string of the molecule is CCC(C)C(NC(=O)C(Cc1c[nH]c2ccccc12)NC(=O)C(CC(=O)O)NC(=O)C(N)Cc1c[nH]c2ccccc12)C(=O)O. The molecule has 2 aromatic carbocycles. The van der Waals surface area contributed by atoms with E-state index >= 15 is 0 Å². The lowest BCUT2D eigenvalue weighted by Crippen LogP contribution is -2.58. The van der Waals surface area contributed by atoms with E-state index in [1.165, 1.54) is 0 Å². The Balaban J connectivity index is 1.54. The van der Waals surface area contributed by atoms with Gasteiger partial charge in [0.2, 0.25) is 17.7 Å². The van der Waals surface area contributed by atoms with Crippen LogP contribution in [0.4, 0.5) is 0 Å². The van der Waals surface area contributed by atoms with Crippen LogP contribution >= 0.6 is 0 Å². The Kier molecular flexibility index (Phi) is 10.6.